The van der Waals surface area contributed by atoms with Crippen molar-refractivity contribution in [1.29, 1.82) is 5.26 Å². The highest BCUT2D eigenvalue weighted by Crippen LogP contribution is 2.35. The van der Waals surface area contributed by atoms with Gasteiger partial charge in [0.15, 0.2) is 6.61 Å². The van der Waals surface area contributed by atoms with Crippen molar-refractivity contribution in [2.45, 2.75) is 25.3 Å². The van der Waals surface area contributed by atoms with E-state index < -0.39 is 17.4 Å². The summed E-state index contributed by atoms with van der Waals surface area (Å²) in [7, 11) is 0. The molecule has 168 valence electrons. The first-order valence-corrected chi connectivity index (χ1v) is 10.4. The van der Waals surface area contributed by atoms with Gasteiger partial charge < -0.3 is 20.5 Å². The molecule has 0 aliphatic carbocycles. The number of likely N-dealkylation sites (tertiary alicyclic amines) is 1. The van der Waals surface area contributed by atoms with Crippen LogP contribution in [0.5, 0.6) is 5.75 Å². The summed E-state index contributed by atoms with van der Waals surface area (Å²) in [5, 5.41) is 19.2. The van der Waals surface area contributed by atoms with Gasteiger partial charge in [0.25, 0.3) is 5.91 Å². The summed E-state index contributed by atoms with van der Waals surface area (Å²) < 4.78 is 18.7. The zero-order chi connectivity index (χ0) is 23.3. The van der Waals surface area contributed by atoms with Crippen LogP contribution in [-0.2, 0) is 16.0 Å². The zero-order valence-corrected chi connectivity index (χ0v) is 18.0. The van der Waals surface area contributed by atoms with E-state index in [4.69, 9.17) is 22.1 Å². The lowest BCUT2D eigenvalue weighted by molar-refractivity contribution is -0.138. The van der Waals surface area contributed by atoms with Crippen molar-refractivity contribution < 1.29 is 23.8 Å². The molecule has 0 spiro atoms. The first kappa shape index (κ1) is 23.5. The Morgan fingerprint density at radius 3 is 2.50 bits per heavy atom. The maximum atomic E-state index is 13.1. The highest BCUT2D eigenvalue weighted by molar-refractivity contribution is 6.30. The van der Waals surface area contributed by atoms with Gasteiger partial charge in [0, 0.05) is 23.7 Å². The molecule has 2 aromatic carbocycles. The number of rotatable bonds is 7. The highest BCUT2D eigenvalue weighted by atomic mass is 35.5. The number of ether oxygens (including phenoxy) is 1. The number of carbonyl (C=O) groups is 2. The quantitative estimate of drug-likeness (QED) is 0.656. The summed E-state index contributed by atoms with van der Waals surface area (Å²) in [6.07, 6.45) is 1.47. The molecule has 0 bridgehead atoms. The van der Waals surface area contributed by atoms with E-state index >= 15 is 0 Å². The molecule has 1 unspecified atom stereocenters. The zero-order valence-electron chi connectivity index (χ0n) is 17.3. The largest absolute Gasteiger partial charge is 0.483 e. The number of hydrogen-bond donors (Lipinski definition) is 2. The predicted octanol–water partition coefficient (Wildman–Crippen LogP) is 3.32. The highest BCUT2D eigenvalue weighted by Gasteiger charge is 2.36. The van der Waals surface area contributed by atoms with Crippen molar-refractivity contribution in [2.24, 2.45) is 11.1 Å². The van der Waals surface area contributed by atoms with Crippen LogP contribution in [-0.4, -0.2) is 41.6 Å². The number of piperidine rings is 1. The minimum absolute atomic E-state index is 0.178. The third-order valence-corrected chi connectivity index (χ3v) is 5.93. The summed E-state index contributed by atoms with van der Waals surface area (Å²) in [4.78, 5) is 25.5. The molecule has 0 aromatic heterocycles. The lowest BCUT2D eigenvalue weighted by atomic mass is 9.75. The molecule has 3 N–H and O–H groups in total. The molecule has 1 saturated heterocycles. The van der Waals surface area contributed by atoms with Gasteiger partial charge in [-0.05, 0) is 55.2 Å². The van der Waals surface area contributed by atoms with Crippen molar-refractivity contribution in [2.75, 3.05) is 19.7 Å². The van der Waals surface area contributed by atoms with Crippen molar-refractivity contribution in [3.63, 3.8) is 0 Å². The van der Waals surface area contributed by atoms with E-state index in [1.807, 2.05) is 0 Å². The number of nitrogens with zero attached hydrogens (tertiary/aromatic N) is 2. The number of aliphatic carboxylic acids is 1. The second-order valence-corrected chi connectivity index (χ2v) is 8.30. The molecule has 1 aliphatic heterocycles. The van der Waals surface area contributed by atoms with Gasteiger partial charge in [-0.2, -0.15) is 5.26 Å². The van der Waals surface area contributed by atoms with Crippen LogP contribution in [0.25, 0.3) is 0 Å². The van der Waals surface area contributed by atoms with Crippen LogP contribution in [0, 0.1) is 22.6 Å². The molecule has 2 aromatic rings. The third kappa shape index (κ3) is 5.55. The molecule has 1 atom stereocenters. The van der Waals surface area contributed by atoms with Crippen LogP contribution in [0.15, 0.2) is 42.5 Å². The molecule has 9 heteroatoms. The fraction of sp³-hybridized carbons (Fsp3) is 0.348. The Morgan fingerprint density at radius 2 is 1.91 bits per heavy atom. The van der Waals surface area contributed by atoms with Crippen LogP contribution >= 0.6 is 11.6 Å². The number of nitrogens with two attached hydrogens (primary N) is 1. The van der Waals surface area contributed by atoms with Crippen molar-refractivity contribution in [3.8, 4) is 11.8 Å². The van der Waals surface area contributed by atoms with Crippen LogP contribution in [0.4, 0.5) is 4.39 Å². The summed E-state index contributed by atoms with van der Waals surface area (Å²) in [6.45, 7) is 0.483. The maximum absolute atomic E-state index is 13.1. The number of carboxylic acids is 1. The molecule has 0 saturated carbocycles. The molecular formula is C23H23ClFN3O4. The predicted molar refractivity (Wildman–Crippen MR) is 115 cm³/mol. The molecule has 1 heterocycles. The number of amides is 1. The fourth-order valence-electron chi connectivity index (χ4n) is 3.76. The van der Waals surface area contributed by atoms with Gasteiger partial charge in [0.2, 0.25) is 0 Å². The lowest BCUT2D eigenvalue weighted by Crippen LogP contribution is -2.45. The normalized spacial score (nSPS) is 16.1. The monoisotopic (exact) mass is 459 g/mol. The first-order valence-electron chi connectivity index (χ1n) is 10.1. The van der Waals surface area contributed by atoms with Gasteiger partial charge in [-0.1, -0.05) is 23.7 Å². The van der Waals surface area contributed by atoms with E-state index in [1.54, 1.807) is 17.0 Å². The Labute approximate surface area is 190 Å². The van der Waals surface area contributed by atoms with Crippen LogP contribution < -0.4 is 10.5 Å². The van der Waals surface area contributed by atoms with E-state index in [0.717, 1.165) is 5.56 Å². The first-order chi connectivity index (χ1) is 15.2. The van der Waals surface area contributed by atoms with Gasteiger partial charge in [-0.25, -0.2) is 4.39 Å². The van der Waals surface area contributed by atoms with Crippen LogP contribution in [0.2, 0.25) is 5.02 Å². The Balaban J connectivity index is 1.60. The molecule has 1 aliphatic rings. The second-order valence-electron chi connectivity index (χ2n) is 7.86. The summed E-state index contributed by atoms with van der Waals surface area (Å²) in [6, 6.07) is 11.5. The third-order valence-electron chi connectivity index (χ3n) is 5.69. The average molecular weight is 460 g/mol. The van der Waals surface area contributed by atoms with Gasteiger partial charge >= 0.3 is 5.97 Å². The summed E-state index contributed by atoms with van der Waals surface area (Å²) >= 11 is 5.93. The van der Waals surface area contributed by atoms with Gasteiger partial charge in [-0.3, -0.25) is 9.59 Å². The minimum Gasteiger partial charge on any atom is -0.483 e. The average Bonchev–Trinajstić information content (AvgIpc) is 2.79. The van der Waals surface area contributed by atoms with E-state index in [-0.39, 0.29) is 29.6 Å². The van der Waals surface area contributed by atoms with Crippen molar-refractivity contribution >= 4 is 23.5 Å². The second kappa shape index (κ2) is 9.98. The van der Waals surface area contributed by atoms with Crippen molar-refractivity contribution in [1.82, 2.24) is 4.90 Å². The number of carboxylic acid groups (broad SMARTS) is 1. The molecule has 1 amide bonds. The standard InChI is InChI=1S/C23H23ClFN3O4/c24-16-3-6-19(18(11-16)21(27)22(30)31)32-13-20(29)28-9-7-23(14-26,8-10-28)12-15-1-4-17(25)5-2-15/h1-6,11,21H,7-10,12-13,27H2,(H,30,31). The Morgan fingerprint density at radius 1 is 1.25 bits per heavy atom. The molecule has 1 fully saturated rings. The topological polar surface area (TPSA) is 117 Å². The Kier molecular flexibility index (Phi) is 7.33. The molecular weight excluding hydrogens is 437 g/mol. The van der Waals surface area contributed by atoms with E-state index in [9.17, 15) is 24.3 Å². The Hall–Kier alpha value is -3.15. The summed E-state index contributed by atoms with van der Waals surface area (Å²) in [5.41, 5.74) is 6.13. The maximum Gasteiger partial charge on any atom is 0.325 e. The van der Waals surface area contributed by atoms with Crippen LogP contribution in [0.1, 0.15) is 30.0 Å². The summed E-state index contributed by atoms with van der Waals surface area (Å²) in [5.74, 6) is -1.66. The lowest BCUT2D eigenvalue weighted by Gasteiger charge is -2.37. The molecule has 3 rings (SSSR count). The molecule has 7 nitrogen and oxygen atoms in total. The van der Waals surface area contributed by atoms with E-state index in [0.29, 0.717) is 37.4 Å². The fourth-order valence-corrected chi connectivity index (χ4v) is 3.94. The minimum atomic E-state index is -1.34. The SMILES string of the molecule is N#CC1(Cc2ccc(F)cc2)CCN(C(=O)COc2ccc(Cl)cc2C(N)C(=O)O)CC1. The number of hydrogen-bond acceptors (Lipinski definition) is 5. The van der Waals surface area contributed by atoms with Gasteiger partial charge in [-0.15, -0.1) is 0 Å². The Bertz CT molecular complexity index is 1030. The molecule has 0 radical (unpaired) electrons. The number of halogens is 2. The smallest absolute Gasteiger partial charge is 0.325 e. The number of carbonyl (C=O) groups excluding carboxylic acids is 1. The number of nitriles is 1. The van der Waals surface area contributed by atoms with Crippen LogP contribution in [0.3, 0.4) is 0 Å². The van der Waals surface area contributed by atoms with Crippen molar-refractivity contribution in [3.05, 3.63) is 64.4 Å². The van der Waals surface area contributed by atoms with Gasteiger partial charge in [0.1, 0.15) is 17.6 Å². The number of benzene rings is 2. The molecule has 32 heavy (non-hydrogen) atoms. The van der Waals surface area contributed by atoms with E-state index in [2.05, 4.69) is 6.07 Å². The van der Waals surface area contributed by atoms with Gasteiger partial charge in [0.05, 0.1) is 11.5 Å². The van der Waals surface area contributed by atoms with E-state index in [1.165, 1.54) is 30.3 Å².